The van der Waals surface area contributed by atoms with Gasteiger partial charge < -0.3 is 4.74 Å². The van der Waals surface area contributed by atoms with Crippen LogP contribution < -0.4 is 0 Å². The number of rotatable bonds is 12. The van der Waals surface area contributed by atoms with Crippen molar-refractivity contribution in [2.45, 2.75) is 33.0 Å². The van der Waals surface area contributed by atoms with E-state index >= 15 is 0 Å². The normalized spacial score (nSPS) is 11.3. The summed E-state index contributed by atoms with van der Waals surface area (Å²) in [7, 11) is -3.73. The number of hydrogen-bond donors (Lipinski definition) is 0. The van der Waals surface area contributed by atoms with Crippen molar-refractivity contribution in [2.75, 3.05) is 13.2 Å². The van der Waals surface area contributed by atoms with E-state index in [0.29, 0.717) is 19.4 Å². The minimum Gasteiger partial charge on any atom is -0.466 e. The Morgan fingerprint density at radius 2 is 1.26 bits per heavy atom. The Bertz CT molecular complexity index is 672. The van der Waals surface area contributed by atoms with E-state index in [1.807, 2.05) is 60.7 Å². The van der Waals surface area contributed by atoms with Gasteiger partial charge in [0.2, 0.25) is 0 Å². The van der Waals surface area contributed by atoms with Gasteiger partial charge in [0.25, 0.3) is 0 Å². The number of unbranched alkanes of at least 4 members (excludes halogenated alkanes) is 1. The number of esters is 1. The molecule has 0 bridgehead atoms. The summed E-state index contributed by atoms with van der Waals surface area (Å²) >= 11 is 0. The molecule has 0 spiro atoms. The molecule has 0 N–H and O–H groups in total. The van der Waals surface area contributed by atoms with Gasteiger partial charge in [-0.25, -0.2) is 4.57 Å². The standard InChI is InChI=1S/C20H25O6P/c1-18(21)23-14-8-9-15-24-27(22,25-16-19-10-4-2-5-11-19)26-17-20-12-6-3-7-13-20/h2-7,10-13H,8-9,14-17H2,1H3. The van der Waals surface area contributed by atoms with Crippen LogP contribution in [0.15, 0.2) is 60.7 Å². The zero-order chi connectivity index (χ0) is 19.4. The monoisotopic (exact) mass is 392 g/mol. The van der Waals surface area contributed by atoms with E-state index in [-0.39, 0.29) is 25.8 Å². The van der Waals surface area contributed by atoms with Crippen LogP contribution >= 0.6 is 7.82 Å². The van der Waals surface area contributed by atoms with E-state index in [1.54, 1.807) is 0 Å². The minimum absolute atomic E-state index is 0.125. The predicted molar refractivity (Wildman–Crippen MR) is 102 cm³/mol. The lowest BCUT2D eigenvalue weighted by atomic mass is 10.2. The van der Waals surface area contributed by atoms with Crippen molar-refractivity contribution in [1.29, 1.82) is 0 Å². The zero-order valence-corrected chi connectivity index (χ0v) is 16.3. The highest BCUT2D eigenvalue weighted by atomic mass is 31.2. The quantitative estimate of drug-likeness (QED) is 0.291. The van der Waals surface area contributed by atoms with Crippen LogP contribution in [0, 0.1) is 0 Å². The predicted octanol–water partition coefficient (Wildman–Crippen LogP) is 4.89. The molecule has 0 unspecified atom stereocenters. The molecule has 2 aromatic rings. The summed E-state index contributed by atoms with van der Waals surface area (Å²) in [5.41, 5.74) is 1.75. The molecule has 0 saturated carbocycles. The largest absolute Gasteiger partial charge is 0.475 e. The van der Waals surface area contributed by atoms with Gasteiger partial charge in [-0.1, -0.05) is 60.7 Å². The van der Waals surface area contributed by atoms with E-state index < -0.39 is 7.82 Å². The Labute approximate surface area is 160 Å². The summed E-state index contributed by atoms with van der Waals surface area (Å²) in [6.07, 6.45) is 1.18. The van der Waals surface area contributed by atoms with Crippen LogP contribution in [-0.4, -0.2) is 19.2 Å². The molecule has 0 atom stereocenters. The fraction of sp³-hybridized carbons (Fsp3) is 0.350. The second-order valence-electron chi connectivity index (χ2n) is 5.85. The van der Waals surface area contributed by atoms with Gasteiger partial charge in [0.1, 0.15) is 0 Å². The van der Waals surface area contributed by atoms with Gasteiger partial charge in [-0.05, 0) is 24.0 Å². The number of ether oxygens (including phenoxy) is 1. The van der Waals surface area contributed by atoms with Gasteiger partial charge in [0.15, 0.2) is 0 Å². The number of hydrogen-bond acceptors (Lipinski definition) is 6. The average molecular weight is 392 g/mol. The Kier molecular flexibility index (Phi) is 9.22. The van der Waals surface area contributed by atoms with E-state index in [4.69, 9.17) is 18.3 Å². The summed E-state index contributed by atoms with van der Waals surface area (Å²) in [6, 6.07) is 18.8. The van der Waals surface area contributed by atoms with Gasteiger partial charge in [-0.2, -0.15) is 0 Å². The number of carbonyl (C=O) groups excluding carboxylic acids is 1. The van der Waals surface area contributed by atoms with E-state index in [2.05, 4.69) is 0 Å². The first-order valence-corrected chi connectivity index (χ1v) is 10.3. The van der Waals surface area contributed by atoms with Crippen LogP contribution in [0.1, 0.15) is 30.9 Å². The molecule has 6 nitrogen and oxygen atoms in total. The molecule has 0 aliphatic heterocycles. The van der Waals surface area contributed by atoms with Gasteiger partial charge in [0.05, 0.1) is 26.4 Å². The number of benzene rings is 2. The summed E-state index contributed by atoms with van der Waals surface area (Å²) in [4.78, 5) is 10.7. The molecular formula is C20H25O6P. The van der Waals surface area contributed by atoms with Crippen LogP contribution in [0.3, 0.4) is 0 Å². The van der Waals surface area contributed by atoms with Gasteiger partial charge >= 0.3 is 13.8 Å². The Morgan fingerprint density at radius 3 is 1.74 bits per heavy atom. The van der Waals surface area contributed by atoms with E-state index in [0.717, 1.165) is 11.1 Å². The summed E-state index contributed by atoms with van der Waals surface area (Å²) in [5, 5.41) is 0. The molecule has 0 aliphatic rings. The van der Waals surface area contributed by atoms with Crippen molar-refractivity contribution < 1.29 is 27.7 Å². The highest BCUT2D eigenvalue weighted by molar-refractivity contribution is 7.48. The van der Waals surface area contributed by atoms with Crippen LogP contribution in [0.5, 0.6) is 0 Å². The lowest BCUT2D eigenvalue weighted by molar-refractivity contribution is -0.141. The van der Waals surface area contributed by atoms with Crippen molar-refractivity contribution >= 4 is 13.8 Å². The molecule has 146 valence electrons. The lowest BCUT2D eigenvalue weighted by Gasteiger charge is -2.18. The first kappa shape index (κ1) is 21.3. The fourth-order valence-corrected chi connectivity index (χ4v) is 3.35. The molecule has 0 aromatic heterocycles. The third-order valence-corrected chi connectivity index (χ3v) is 4.95. The first-order chi connectivity index (χ1) is 13.1. The van der Waals surface area contributed by atoms with Crippen LogP contribution in [0.4, 0.5) is 0 Å². The average Bonchev–Trinajstić information content (AvgIpc) is 2.69. The van der Waals surface area contributed by atoms with E-state index in [9.17, 15) is 9.36 Å². The SMILES string of the molecule is CC(=O)OCCCCOP(=O)(OCc1ccccc1)OCc1ccccc1. The second kappa shape index (κ2) is 11.7. The molecule has 0 radical (unpaired) electrons. The third kappa shape index (κ3) is 8.98. The molecule has 2 aromatic carbocycles. The molecule has 0 saturated heterocycles. The van der Waals surface area contributed by atoms with Crippen LogP contribution in [0.2, 0.25) is 0 Å². The van der Waals surface area contributed by atoms with Crippen molar-refractivity contribution in [1.82, 2.24) is 0 Å². The Morgan fingerprint density at radius 1 is 0.778 bits per heavy atom. The summed E-state index contributed by atoms with van der Waals surface area (Å²) in [5.74, 6) is -0.320. The summed E-state index contributed by atoms with van der Waals surface area (Å²) in [6.45, 7) is 2.10. The van der Waals surface area contributed by atoms with Crippen LogP contribution in [0.25, 0.3) is 0 Å². The highest BCUT2D eigenvalue weighted by Gasteiger charge is 2.26. The maximum absolute atomic E-state index is 12.9. The summed E-state index contributed by atoms with van der Waals surface area (Å²) < 4.78 is 34.3. The van der Waals surface area contributed by atoms with Crippen molar-refractivity contribution in [3.8, 4) is 0 Å². The molecule has 7 heteroatoms. The smallest absolute Gasteiger partial charge is 0.466 e. The fourth-order valence-electron chi connectivity index (χ4n) is 2.16. The number of phosphoric acid groups is 1. The van der Waals surface area contributed by atoms with Crippen molar-refractivity contribution in [3.05, 3.63) is 71.8 Å². The molecule has 2 rings (SSSR count). The van der Waals surface area contributed by atoms with Gasteiger partial charge in [0, 0.05) is 6.92 Å². The van der Waals surface area contributed by atoms with Gasteiger partial charge in [-0.3, -0.25) is 18.4 Å². The number of carbonyl (C=O) groups is 1. The third-order valence-electron chi connectivity index (χ3n) is 3.56. The molecule has 0 fully saturated rings. The Balaban J connectivity index is 1.86. The molecular weight excluding hydrogens is 367 g/mol. The van der Waals surface area contributed by atoms with Gasteiger partial charge in [-0.15, -0.1) is 0 Å². The first-order valence-electron chi connectivity index (χ1n) is 8.82. The molecule has 27 heavy (non-hydrogen) atoms. The lowest BCUT2D eigenvalue weighted by Crippen LogP contribution is -2.05. The number of phosphoric ester groups is 1. The molecule has 0 aliphatic carbocycles. The van der Waals surface area contributed by atoms with Crippen molar-refractivity contribution in [3.63, 3.8) is 0 Å². The van der Waals surface area contributed by atoms with E-state index in [1.165, 1.54) is 6.92 Å². The zero-order valence-electron chi connectivity index (χ0n) is 15.4. The second-order valence-corrected chi connectivity index (χ2v) is 7.51. The Hall–Kier alpha value is -1.98. The topological polar surface area (TPSA) is 71.1 Å². The minimum atomic E-state index is -3.73. The highest BCUT2D eigenvalue weighted by Crippen LogP contribution is 2.51. The maximum atomic E-state index is 12.9. The van der Waals surface area contributed by atoms with Crippen LogP contribution in [-0.2, 0) is 40.9 Å². The maximum Gasteiger partial charge on any atom is 0.475 e. The molecule has 0 amide bonds. The molecule has 0 heterocycles. The van der Waals surface area contributed by atoms with Crippen molar-refractivity contribution in [2.24, 2.45) is 0 Å².